The fraction of sp³-hybridized carbons (Fsp3) is 0.923. The average molecular weight is 255 g/mol. The monoisotopic (exact) mass is 255 g/mol. The second-order valence-electron chi connectivity index (χ2n) is 5.58. The van der Waals surface area contributed by atoms with Crippen LogP contribution in [0.5, 0.6) is 0 Å². The molecule has 2 atom stereocenters. The van der Waals surface area contributed by atoms with Gasteiger partial charge in [0, 0.05) is 25.7 Å². The Hall–Kier alpha value is -0.650. The lowest BCUT2D eigenvalue weighted by Crippen LogP contribution is -2.47. The number of carbonyl (C=O) groups is 1. The van der Waals surface area contributed by atoms with Gasteiger partial charge in [-0.15, -0.1) is 0 Å². The summed E-state index contributed by atoms with van der Waals surface area (Å²) >= 11 is 0. The molecule has 0 bridgehead atoms. The van der Waals surface area contributed by atoms with Crippen LogP contribution in [0.2, 0.25) is 0 Å². The zero-order chi connectivity index (χ0) is 13.0. The van der Waals surface area contributed by atoms with Crippen LogP contribution in [0.4, 0.5) is 0 Å². The van der Waals surface area contributed by atoms with Gasteiger partial charge in [-0.25, -0.2) is 0 Å². The zero-order valence-electron chi connectivity index (χ0n) is 11.4. The molecule has 5 nitrogen and oxygen atoms in total. The Kier molecular flexibility index (Phi) is 4.97. The quantitative estimate of drug-likeness (QED) is 0.691. The van der Waals surface area contributed by atoms with E-state index in [0.29, 0.717) is 18.5 Å². The van der Waals surface area contributed by atoms with Gasteiger partial charge in [0.2, 0.25) is 5.91 Å². The largest absolute Gasteiger partial charge is 0.374 e. The Balaban J connectivity index is 1.55. The van der Waals surface area contributed by atoms with Gasteiger partial charge in [-0.3, -0.25) is 4.79 Å². The van der Waals surface area contributed by atoms with Crippen LogP contribution in [0, 0.1) is 5.92 Å². The standard InChI is InChI=1S/C13H25N3O2/c1-10(11-3-4-11)15-13(17)8-14-7-12-9-16(2)5-6-18-12/h10-12,14H,3-9H2,1-2H3,(H,15,17). The van der Waals surface area contributed by atoms with E-state index in [4.69, 9.17) is 4.74 Å². The fourth-order valence-electron chi connectivity index (χ4n) is 2.36. The second kappa shape index (κ2) is 6.50. The lowest BCUT2D eigenvalue weighted by molar-refractivity contribution is -0.121. The van der Waals surface area contributed by atoms with Crippen LogP contribution in [-0.2, 0) is 9.53 Å². The summed E-state index contributed by atoms with van der Waals surface area (Å²) in [5, 5.41) is 6.21. The minimum absolute atomic E-state index is 0.0959. The minimum Gasteiger partial charge on any atom is -0.374 e. The van der Waals surface area contributed by atoms with E-state index in [-0.39, 0.29) is 12.0 Å². The number of ether oxygens (including phenoxy) is 1. The SMILES string of the molecule is CC(NC(=O)CNCC1CN(C)CCO1)C1CC1. The van der Waals surface area contributed by atoms with Gasteiger partial charge in [0.05, 0.1) is 19.3 Å². The van der Waals surface area contributed by atoms with Crippen molar-refractivity contribution in [2.75, 3.05) is 39.8 Å². The molecule has 0 aromatic heterocycles. The molecule has 1 heterocycles. The Bertz CT molecular complexity index is 281. The molecule has 5 heteroatoms. The molecule has 2 aliphatic rings. The van der Waals surface area contributed by atoms with Crippen LogP contribution < -0.4 is 10.6 Å². The van der Waals surface area contributed by atoms with Crippen molar-refractivity contribution >= 4 is 5.91 Å². The molecule has 0 aromatic rings. The maximum absolute atomic E-state index is 11.7. The first kappa shape index (κ1) is 13.8. The molecule has 1 aliphatic carbocycles. The van der Waals surface area contributed by atoms with E-state index in [9.17, 15) is 4.79 Å². The van der Waals surface area contributed by atoms with E-state index >= 15 is 0 Å². The van der Waals surface area contributed by atoms with Crippen molar-refractivity contribution in [3.63, 3.8) is 0 Å². The topological polar surface area (TPSA) is 53.6 Å². The summed E-state index contributed by atoms with van der Waals surface area (Å²) in [6.45, 7) is 5.95. The molecule has 2 fully saturated rings. The molecule has 0 spiro atoms. The van der Waals surface area contributed by atoms with Gasteiger partial charge in [-0.1, -0.05) is 0 Å². The number of amides is 1. The molecule has 2 N–H and O–H groups in total. The maximum Gasteiger partial charge on any atom is 0.234 e. The highest BCUT2D eigenvalue weighted by atomic mass is 16.5. The van der Waals surface area contributed by atoms with E-state index in [1.54, 1.807) is 0 Å². The highest BCUT2D eigenvalue weighted by molar-refractivity contribution is 5.78. The highest BCUT2D eigenvalue weighted by Crippen LogP contribution is 2.32. The molecule has 2 unspecified atom stereocenters. The number of morpholine rings is 1. The summed E-state index contributed by atoms with van der Waals surface area (Å²) in [6, 6.07) is 0.330. The van der Waals surface area contributed by atoms with Crippen LogP contribution in [0.15, 0.2) is 0 Å². The molecule has 18 heavy (non-hydrogen) atoms. The van der Waals surface area contributed by atoms with Crippen LogP contribution in [-0.4, -0.2) is 62.8 Å². The van der Waals surface area contributed by atoms with Crippen LogP contribution in [0.25, 0.3) is 0 Å². The third kappa shape index (κ3) is 4.55. The molecule has 1 aliphatic heterocycles. The van der Waals surface area contributed by atoms with Crippen molar-refractivity contribution in [2.45, 2.75) is 31.9 Å². The molecule has 1 saturated carbocycles. The van der Waals surface area contributed by atoms with Gasteiger partial charge >= 0.3 is 0 Å². The first-order chi connectivity index (χ1) is 8.65. The Morgan fingerprint density at radius 1 is 1.50 bits per heavy atom. The summed E-state index contributed by atoms with van der Waals surface area (Å²) in [4.78, 5) is 13.9. The van der Waals surface area contributed by atoms with Crippen LogP contribution >= 0.6 is 0 Å². The van der Waals surface area contributed by atoms with E-state index in [1.165, 1.54) is 12.8 Å². The molecule has 2 rings (SSSR count). The summed E-state index contributed by atoms with van der Waals surface area (Å²) < 4.78 is 5.62. The summed E-state index contributed by atoms with van der Waals surface area (Å²) in [7, 11) is 2.10. The molecule has 1 saturated heterocycles. The predicted molar refractivity (Wildman–Crippen MR) is 70.4 cm³/mol. The number of nitrogens with zero attached hydrogens (tertiary/aromatic N) is 1. The van der Waals surface area contributed by atoms with Crippen molar-refractivity contribution in [3.8, 4) is 0 Å². The fourth-order valence-corrected chi connectivity index (χ4v) is 2.36. The van der Waals surface area contributed by atoms with Crippen molar-refractivity contribution < 1.29 is 9.53 Å². The van der Waals surface area contributed by atoms with Gasteiger partial charge in [-0.05, 0) is 32.7 Å². The molecular formula is C13H25N3O2. The van der Waals surface area contributed by atoms with Crippen molar-refractivity contribution in [3.05, 3.63) is 0 Å². The molecular weight excluding hydrogens is 230 g/mol. The Labute approximate surface area is 109 Å². The molecule has 1 amide bonds. The highest BCUT2D eigenvalue weighted by Gasteiger charge is 2.28. The molecule has 104 valence electrons. The minimum atomic E-state index is 0.0959. The van der Waals surface area contributed by atoms with E-state index in [0.717, 1.165) is 26.2 Å². The van der Waals surface area contributed by atoms with Crippen molar-refractivity contribution in [1.29, 1.82) is 0 Å². The van der Waals surface area contributed by atoms with E-state index in [2.05, 4.69) is 29.5 Å². The Morgan fingerprint density at radius 2 is 2.28 bits per heavy atom. The number of hydrogen-bond acceptors (Lipinski definition) is 4. The number of rotatable bonds is 6. The summed E-state index contributed by atoms with van der Waals surface area (Å²) in [6.07, 6.45) is 2.73. The first-order valence-corrected chi connectivity index (χ1v) is 6.95. The average Bonchev–Trinajstić information content (AvgIpc) is 3.12. The van der Waals surface area contributed by atoms with Gasteiger partial charge in [0.25, 0.3) is 0 Å². The number of nitrogens with one attached hydrogen (secondary N) is 2. The summed E-state index contributed by atoms with van der Waals surface area (Å²) in [5.74, 6) is 0.808. The predicted octanol–water partition coefficient (Wildman–Crippen LogP) is -0.179. The Morgan fingerprint density at radius 3 is 2.94 bits per heavy atom. The third-order valence-corrected chi connectivity index (χ3v) is 3.72. The second-order valence-corrected chi connectivity index (χ2v) is 5.58. The number of carbonyl (C=O) groups excluding carboxylic acids is 1. The van der Waals surface area contributed by atoms with Gasteiger partial charge in [0.1, 0.15) is 0 Å². The normalized spacial score (nSPS) is 26.9. The summed E-state index contributed by atoms with van der Waals surface area (Å²) in [5.41, 5.74) is 0. The number of hydrogen-bond donors (Lipinski definition) is 2. The smallest absolute Gasteiger partial charge is 0.234 e. The number of likely N-dealkylation sites (N-methyl/N-ethyl adjacent to an activating group) is 1. The lowest BCUT2D eigenvalue weighted by atomic mass is 10.2. The molecule has 0 aromatic carbocycles. The van der Waals surface area contributed by atoms with E-state index < -0.39 is 0 Å². The van der Waals surface area contributed by atoms with Gasteiger partial charge < -0.3 is 20.3 Å². The molecule has 0 radical (unpaired) electrons. The van der Waals surface area contributed by atoms with Crippen LogP contribution in [0.1, 0.15) is 19.8 Å². The van der Waals surface area contributed by atoms with Crippen LogP contribution in [0.3, 0.4) is 0 Å². The lowest BCUT2D eigenvalue weighted by Gasteiger charge is -2.30. The van der Waals surface area contributed by atoms with Crippen molar-refractivity contribution in [1.82, 2.24) is 15.5 Å². The maximum atomic E-state index is 11.7. The third-order valence-electron chi connectivity index (χ3n) is 3.72. The zero-order valence-corrected chi connectivity index (χ0v) is 11.4. The van der Waals surface area contributed by atoms with Gasteiger partial charge in [0.15, 0.2) is 0 Å². The van der Waals surface area contributed by atoms with Crippen molar-refractivity contribution in [2.24, 2.45) is 5.92 Å². The first-order valence-electron chi connectivity index (χ1n) is 6.95. The van der Waals surface area contributed by atoms with Gasteiger partial charge in [-0.2, -0.15) is 0 Å². The van der Waals surface area contributed by atoms with E-state index in [1.807, 2.05) is 0 Å².